The highest BCUT2D eigenvalue weighted by atomic mass is 19.1. The molecule has 0 saturated heterocycles. The van der Waals surface area contributed by atoms with Crippen molar-refractivity contribution < 1.29 is 4.39 Å². The zero-order chi connectivity index (χ0) is 12.3. The van der Waals surface area contributed by atoms with Gasteiger partial charge in [-0.05, 0) is 36.8 Å². The van der Waals surface area contributed by atoms with Crippen LogP contribution in [0.25, 0.3) is 0 Å². The molecule has 0 spiro atoms. The van der Waals surface area contributed by atoms with Gasteiger partial charge in [-0.25, -0.2) is 9.37 Å². The molecule has 1 aromatic carbocycles. The molecule has 0 amide bonds. The van der Waals surface area contributed by atoms with Crippen LogP contribution in [0.5, 0.6) is 0 Å². The van der Waals surface area contributed by atoms with Gasteiger partial charge in [0, 0.05) is 12.2 Å². The Morgan fingerprint density at radius 3 is 2.59 bits per heavy atom. The smallest absolute Gasteiger partial charge is 0.146 e. The van der Waals surface area contributed by atoms with Crippen molar-refractivity contribution in [1.29, 1.82) is 0 Å². The first-order valence-electron chi connectivity index (χ1n) is 5.39. The molecule has 0 fully saturated rings. The summed E-state index contributed by atoms with van der Waals surface area (Å²) >= 11 is 0. The Labute approximate surface area is 99.5 Å². The topological polar surface area (TPSA) is 50.9 Å². The summed E-state index contributed by atoms with van der Waals surface area (Å²) in [6, 6.07) is 10.1. The molecule has 1 aromatic heterocycles. The lowest BCUT2D eigenvalue weighted by molar-refractivity contribution is 0.626. The first kappa shape index (κ1) is 11.4. The molecule has 0 aliphatic carbocycles. The quantitative estimate of drug-likeness (QED) is 0.853. The molecule has 2 rings (SSSR count). The molecular weight excluding hydrogens is 217 g/mol. The van der Waals surface area contributed by atoms with E-state index in [1.807, 2.05) is 19.1 Å². The van der Waals surface area contributed by atoms with Gasteiger partial charge in [-0.1, -0.05) is 12.1 Å². The van der Waals surface area contributed by atoms with Crippen molar-refractivity contribution in [2.75, 3.05) is 11.1 Å². The highest BCUT2D eigenvalue weighted by Gasteiger charge is 2.07. The van der Waals surface area contributed by atoms with Crippen molar-refractivity contribution in [2.24, 2.45) is 0 Å². The zero-order valence-corrected chi connectivity index (χ0v) is 9.52. The predicted octanol–water partition coefficient (Wildman–Crippen LogP) is 2.98. The number of nitrogens with two attached hydrogens (primary N) is 1. The lowest BCUT2D eigenvalue weighted by Crippen LogP contribution is -2.08. The van der Waals surface area contributed by atoms with Gasteiger partial charge in [0.05, 0.1) is 5.69 Å². The van der Waals surface area contributed by atoms with Crippen molar-refractivity contribution in [3.63, 3.8) is 0 Å². The van der Waals surface area contributed by atoms with E-state index in [0.717, 1.165) is 11.3 Å². The predicted molar refractivity (Wildman–Crippen MR) is 67.1 cm³/mol. The third-order valence-corrected chi connectivity index (χ3v) is 2.58. The second-order valence-corrected chi connectivity index (χ2v) is 3.85. The van der Waals surface area contributed by atoms with Gasteiger partial charge in [-0.15, -0.1) is 0 Å². The van der Waals surface area contributed by atoms with Crippen molar-refractivity contribution in [3.8, 4) is 0 Å². The van der Waals surface area contributed by atoms with Crippen LogP contribution in [-0.4, -0.2) is 4.98 Å². The fraction of sp³-hybridized carbons (Fsp3) is 0.154. The Bertz CT molecular complexity index is 496. The minimum Gasteiger partial charge on any atom is -0.382 e. The molecule has 0 radical (unpaired) electrons. The summed E-state index contributed by atoms with van der Waals surface area (Å²) in [4.78, 5) is 4.00. The summed E-state index contributed by atoms with van der Waals surface area (Å²) in [6.45, 7) is 1.99. The summed E-state index contributed by atoms with van der Waals surface area (Å²) < 4.78 is 12.8. The van der Waals surface area contributed by atoms with Crippen LogP contribution in [0.2, 0.25) is 0 Å². The number of rotatable bonds is 3. The molecule has 1 unspecified atom stereocenters. The van der Waals surface area contributed by atoms with E-state index in [-0.39, 0.29) is 11.9 Å². The third-order valence-electron chi connectivity index (χ3n) is 2.58. The van der Waals surface area contributed by atoms with Crippen LogP contribution in [-0.2, 0) is 0 Å². The molecule has 3 nitrogen and oxygen atoms in total. The number of nitrogens with one attached hydrogen (secondary N) is 1. The van der Waals surface area contributed by atoms with Gasteiger partial charge >= 0.3 is 0 Å². The third kappa shape index (κ3) is 2.72. The molecule has 17 heavy (non-hydrogen) atoms. The molecule has 0 bridgehead atoms. The maximum atomic E-state index is 12.8. The van der Waals surface area contributed by atoms with E-state index >= 15 is 0 Å². The molecule has 1 heterocycles. The molecule has 0 saturated carbocycles. The van der Waals surface area contributed by atoms with E-state index < -0.39 is 0 Å². The van der Waals surface area contributed by atoms with Crippen LogP contribution >= 0.6 is 0 Å². The minimum absolute atomic E-state index is 0.0436. The van der Waals surface area contributed by atoms with E-state index in [1.54, 1.807) is 18.3 Å². The largest absolute Gasteiger partial charge is 0.382 e. The highest BCUT2D eigenvalue weighted by molar-refractivity contribution is 5.61. The van der Waals surface area contributed by atoms with Crippen LogP contribution in [0.15, 0.2) is 42.6 Å². The van der Waals surface area contributed by atoms with Gasteiger partial charge in [0.1, 0.15) is 11.6 Å². The lowest BCUT2D eigenvalue weighted by atomic mass is 10.1. The van der Waals surface area contributed by atoms with Gasteiger partial charge in [-0.2, -0.15) is 0 Å². The molecular formula is C13H14FN3. The van der Waals surface area contributed by atoms with Crippen molar-refractivity contribution in [1.82, 2.24) is 4.98 Å². The minimum atomic E-state index is -0.234. The van der Waals surface area contributed by atoms with Crippen LogP contribution in [0.1, 0.15) is 18.5 Å². The molecule has 88 valence electrons. The van der Waals surface area contributed by atoms with E-state index in [4.69, 9.17) is 5.73 Å². The molecule has 3 N–H and O–H groups in total. The SMILES string of the molecule is CC(Nc1cccnc1N)c1ccc(F)cc1. The summed E-state index contributed by atoms with van der Waals surface area (Å²) in [5.74, 6) is 0.225. The average molecular weight is 231 g/mol. The fourth-order valence-electron chi connectivity index (χ4n) is 1.61. The number of benzene rings is 1. The number of nitrogens with zero attached hydrogens (tertiary/aromatic N) is 1. The Kier molecular flexibility index (Phi) is 3.23. The van der Waals surface area contributed by atoms with Gasteiger partial charge in [0.25, 0.3) is 0 Å². The summed E-state index contributed by atoms with van der Waals surface area (Å²) in [5.41, 5.74) is 7.51. The highest BCUT2D eigenvalue weighted by Crippen LogP contribution is 2.22. The fourth-order valence-corrected chi connectivity index (χ4v) is 1.61. The molecule has 4 heteroatoms. The van der Waals surface area contributed by atoms with Gasteiger partial charge in [0.2, 0.25) is 0 Å². The van der Waals surface area contributed by atoms with Crippen molar-refractivity contribution in [2.45, 2.75) is 13.0 Å². The van der Waals surface area contributed by atoms with Crippen LogP contribution in [0.4, 0.5) is 15.9 Å². The molecule has 0 aliphatic heterocycles. The first-order chi connectivity index (χ1) is 8.16. The average Bonchev–Trinajstić information content (AvgIpc) is 2.33. The number of hydrogen-bond acceptors (Lipinski definition) is 3. The Hall–Kier alpha value is -2.10. The van der Waals surface area contributed by atoms with Crippen LogP contribution in [0, 0.1) is 5.82 Å². The van der Waals surface area contributed by atoms with Crippen LogP contribution in [0.3, 0.4) is 0 Å². The number of nitrogen functional groups attached to an aromatic ring is 1. The number of halogens is 1. The number of anilines is 2. The van der Waals surface area contributed by atoms with Crippen molar-refractivity contribution in [3.05, 3.63) is 54.0 Å². The van der Waals surface area contributed by atoms with E-state index in [0.29, 0.717) is 5.82 Å². The Balaban J connectivity index is 2.14. The normalized spacial score (nSPS) is 12.1. The van der Waals surface area contributed by atoms with E-state index in [2.05, 4.69) is 10.3 Å². The monoisotopic (exact) mass is 231 g/mol. The number of hydrogen-bond donors (Lipinski definition) is 2. The van der Waals surface area contributed by atoms with Crippen molar-refractivity contribution >= 4 is 11.5 Å². The van der Waals surface area contributed by atoms with E-state index in [1.165, 1.54) is 12.1 Å². The molecule has 2 aromatic rings. The lowest BCUT2D eigenvalue weighted by Gasteiger charge is -2.16. The zero-order valence-electron chi connectivity index (χ0n) is 9.52. The van der Waals surface area contributed by atoms with Crippen LogP contribution < -0.4 is 11.1 Å². The maximum Gasteiger partial charge on any atom is 0.146 e. The van der Waals surface area contributed by atoms with E-state index in [9.17, 15) is 4.39 Å². The second kappa shape index (κ2) is 4.82. The second-order valence-electron chi connectivity index (χ2n) is 3.85. The van der Waals surface area contributed by atoms with Gasteiger partial charge < -0.3 is 11.1 Å². The number of aromatic nitrogens is 1. The van der Waals surface area contributed by atoms with Gasteiger partial charge in [0.15, 0.2) is 0 Å². The summed E-state index contributed by atoms with van der Waals surface area (Å²) in [5, 5.41) is 3.24. The Morgan fingerprint density at radius 1 is 1.24 bits per heavy atom. The standard InChI is InChI=1S/C13H14FN3/c1-9(10-4-6-11(14)7-5-10)17-12-3-2-8-16-13(12)15/h2-9,17H,1H3,(H2,15,16). The summed E-state index contributed by atoms with van der Waals surface area (Å²) in [6.07, 6.45) is 1.64. The molecule has 1 atom stereocenters. The Morgan fingerprint density at radius 2 is 1.94 bits per heavy atom. The molecule has 0 aliphatic rings. The maximum absolute atomic E-state index is 12.8. The summed E-state index contributed by atoms with van der Waals surface area (Å²) in [7, 11) is 0. The number of pyridine rings is 1. The first-order valence-corrected chi connectivity index (χ1v) is 5.39. The van der Waals surface area contributed by atoms with Gasteiger partial charge in [-0.3, -0.25) is 0 Å².